The SMILES string of the molecule is O=C(c1ccnnc1)N1CCOC[C@H](Cc2ccc3[nH]ncc3c2)C1. The Bertz CT molecular complexity index is 864. The molecule has 3 heterocycles. The fourth-order valence-electron chi connectivity index (χ4n) is 3.24. The molecule has 4 rings (SSSR count). The van der Waals surface area contributed by atoms with Gasteiger partial charge < -0.3 is 9.64 Å². The Morgan fingerprint density at radius 2 is 2.24 bits per heavy atom. The molecule has 0 unspecified atom stereocenters. The summed E-state index contributed by atoms with van der Waals surface area (Å²) in [6, 6.07) is 7.98. The average Bonchev–Trinajstić information content (AvgIpc) is 2.99. The summed E-state index contributed by atoms with van der Waals surface area (Å²) in [5, 5.41) is 15.6. The van der Waals surface area contributed by atoms with E-state index in [0.717, 1.165) is 17.3 Å². The minimum absolute atomic E-state index is 0.0179. The maximum atomic E-state index is 12.7. The third-order valence-corrected chi connectivity index (χ3v) is 4.49. The lowest BCUT2D eigenvalue weighted by atomic mass is 9.98. The third kappa shape index (κ3) is 3.51. The fraction of sp³-hybridized carbons (Fsp3) is 0.333. The number of fused-ring (bicyclic) bond motifs is 1. The van der Waals surface area contributed by atoms with E-state index in [1.165, 1.54) is 11.8 Å². The summed E-state index contributed by atoms with van der Waals surface area (Å²) in [6.45, 7) is 2.48. The van der Waals surface area contributed by atoms with Crippen LogP contribution in [-0.4, -0.2) is 57.5 Å². The smallest absolute Gasteiger partial charge is 0.255 e. The van der Waals surface area contributed by atoms with Crippen LogP contribution in [0.5, 0.6) is 0 Å². The monoisotopic (exact) mass is 337 g/mol. The quantitative estimate of drug-likeness (QED) is 0.786. The minimum Gasteiger partial charge on any atom is -0.379 e. The van der Waals surface area contributed by atoms with Gasteiger partial charge in [0, 0.05) is 24.4 Å². The van der Waals surface area contributed by atoms with Crippen LogP contribution in [0.3, 0.4) is 0 Å². The van der Waals surface area contributed by atoms with E-state index in [1.54, 1.807) is 12.3 Å². The number of nitrogens with zero attached hydrogens (tertiary/aromatic N) is 4. The van der Waals surface area contributed by atoms with Crippen molar-refractivity contribution < 1.29 is 9.53 Å². The Morgan fingerprint density at radius 3 is 3.12 bits per heavy atom. The first-order chi connectivity index (χ1) is 12.3. The van der Waals surface area contributed by atoms with E-state index in [1.807, 2.05) is 17.2 Å². The summed E-state index contributed by atoms with van der Waals surface area (Å²) < 4.78 is 5.73. The molecule has 128 valence electrons. The van der Waals surface area contributed by atoms with Gasteiger partial charge in [-0.05, 0) is 30.2 Å². The number of benzene rings is 1. The average molecular weight is 337 g/mol. The third-order valence-electron chi connectivity index (χ3n) is 4.49. The molecule has 0 aliphatic carbocycles. The Morgan fingerprint density at radius 1 is 1.28 bits per heavy atom. The molecule has 1 saturated heterocycles. The first-order valence-electron chi connectivity index (χ1n) is 8.35. The molecule has 1 atom stereocenters. The second kappa shape index (κ2) is 6.98. The zero-order chi connectivity index (χ0) is 17.1. The number of nitrogens with one attached hydrogen (secondary N) is 1. The number of H-pyrrole nitrogens is 1. The number of hydrogen-bond donors (Lipinski definition) is 1. The van der Waals surface area contributed by atoms with Gasteiger partial charge in [-0.25, -0.2) is 0 Å². The number of amides is 1. The van der Waals surface area contributed by atoms with Gasteiger partial charge in [0.05, 0.1) is 42.9 Å². The van der Waals surface area contributed by atoms with Gasteiger partial charge in [0.1, 0.15) is 0 Å². The summed E-state index contributed by atoms with van der Waals surface area (Å²) in [7, 11) is 0. The number of carbonyl (C=O) groups excluding carboxylic acids is 1. The van der Waals surface area contributed by atoms with Crippen LogP contribution < -0.4 is 0 Å². The van der Waals surface area contributed by atoms with Gasteiger partial charge in [-0.2, -0.15) is 15.3 Å². The maximum Gasteiger partial charge on any atom is 0.255 e. The van der Waals surface area contributed by atoms with E-state index in [0.29, 0.717) is 31.9 Å². The van der Waals surface area contributed by atoms with Gasteiger partial charge in [0.2, 0.25) is 0 Å². The van der Waals surface area contributed by atoms with Crippen LogP contribution in [0.1, 0.15) is 15.9 Å². The van der Waals surface area contributed by atoms with Crippen LogP contribution in [0.15, 0.2) is 42.9 Å². The summed E-state index contributed by atoms with van der Waals surface area (Å²) in [5.74, 6) is 0.237. The molecular formula is C18H19N5O2. The highest BCUT2D eigenvalue weighted by Gasteiger charge is 2.24. The van der Waals surface area contributed by atoms with E-state index in [9.17, 15) is 4.79 Å². The van der Waals surface area contributed by atoms with Crippen molar-refractivity contribution in [2.45, 2.75) is 6.42 Å². The summed E-state index contributed by atoms with van der Waals surface area (Å²) >= 11 is 0. The second-order valence-corrected chi connectivity index (χ2v) is 6.32. The molecule has 3 aromatic rings. The number of aromatic nitrogens is 4. The molecule has 0 bridgehead atoms. The molecule has 25 heavy (non-hydrogen) atoms. The van der Waals surface area contributed by atoms with E-state index in [-0.39, 0.29) is 11.8 Å². The zero-order valence-electron chi connectivity index (χ0n) is 13.8. The molecule has 1 aromatic carbocycles. The number of rotatable bonds is 3. The standard InChI is InChI=1S/C18H19N5O2/c24-18(15-3-4-19-20-9-15)23-5-6-25-12-14(11-23)7-13-1-2-17-16(8-13)10-21-22-17/h1-4,8-10,14H,5-7,11-12H2,(H,21,22)/t14-/m1/s1. The Hall–Kier alpha value is -2.80. The molecular weight excluding hydrogens is 318 g/mol. The number of carbonyl (C=O) groups is 1. The van der Waals surface area contributed by atoms with Crippen LogP contribution >= 0.6 is 0 Å². The van der Waals surface area contributed by atoms with Gasteiger partial charge in [-0.15, -0.1) is 0 Å². The summed E-state index contributed by atoms with van der Waals surface area (Å²) in [6.07, 6.45) is 5.74. The number of aromatic amines is 1. The second-order valence-electron chi connectivity index (χ2n) is 6.32. The molecule has 1 fully saturated rings. The van der Waals surface area contributed by atoms with Gasteiger partial charge in [-0.1, -0.05) is 6.07 Å². The van der Waals surface area contributed by atoms with Crippen LogP contribution in [0.2, 0.25) is 0 Å². The van der Waals surface area contributed by atoms with Crippen molar-refractivity contribution in [2.75, 3.05) is 26.3 Å². The van der Waals surface area contributed by atoms with Crippen molar-refractivity contribution in [1.82, 2.24) is 25.3 Å². The van der Waals surface area contributed by atoms with E-state index < -0.39 is 0 Å². The molecule has 7 nitrogen and oxygen atoms in total. The predicted octanol–water partition coefficient (Wildman–Crippen LogP) is 1.68. The van der Waals surface area contributed by atoms with Crippen LogP contribution in [0, 0.1) is 5.92 Å². The molecule has 7 heteroatoms. The molecule has 0 radical (unpaired) electrons. The summed E-state index contributed by atoms with van der Waals surface area (Å²) in [5.41, 5.74) is 2.82. The van der Waals surface area contributed by atoms with E-state index in [2.05, 4.69) is 32.5 Å². The molecule has 1 aliphatic rings. The Labute approximate surface area is 145 Å². The van der Waals surface area contributed by atoms with Gasteiger partial charge in [-0.3, -0.25) is 9.89 Å². The van der Waals surface area contributed by atoms with E-state index >= 15 is 0 Å². The van der Waals surface area contributed by atoms with Crippen molar-refractivity contribution in [3.05, 3.63) is 54.0 Å². The first-order valence-corrected chi connectivity index (χ1v) is 8.35. The van der Waals surface area contributed by atoms with Crippen LogP contribution in [0.25, 0.3) is 10.9 Å². The molecule has 0 saturated carbocycles. The molecule has 1 aliphatic heterocycles. The minimum atomic E-state index is -0.0179. The number of ether oxygens (including phenoxy) is 1. The van der Waals surface area contributed by atoms with Crippen molar-refractivity contribution in [3.8, 4) is 0 Å². The molecule has 2 aromatic heterocycles. The Kier molecular flexibility index (Phi) is 4.39. The highest BCUT2D eigenvalue weighted by atomic mass is 16.5. The van der Waals surface area contributed by atoms with Gasteiger partial charge in [0.25, 0.3) is 5.91 Å². The lowest BCUT2D eigenvalue weighted by Gasteiger charge is -2.23. The lowest BCUT2D eigenvalue weighted by Crippen LogP contribution is -2.36. The largest absolute Gasteiger partial charge is 0.379 e. The van der Waals surface area contributed by atoms with E-state index in [4.69, 9.17) is 4.74 Å². The first kappa shape index (κ1) is 15.7. The molecule has 1 amide bonds. The van der Waals surface area contributed by atoms with Crippen molar-refractivity contribution >= 4 is 16.8 Å². The van der Waals surface area contributed by atoms with Crippen LogP contribution in [-0.2, 0) is 11.2 Å². The van der Waals surface area contributed by atoms with Gasteiger partial charge >= 0.3 is 0 Å². The normalized spacial score (nSPS) is 18.2. The highest BCUT2D eigenvalue weighted by molar-refractivity contribution is 5.93. The van der Waals surface area contributed by atoms with Gasteiger partial charge in [0.15, 0.2) is 0 Å². The maximum absolute atomic E-state index is 12.7. The zero-order valence-corrected chi connectivity index (χ0v) is 13.8. The predicted molar refractivity (Wildman–Crippen MR) is 92.0 cm³/mol. The summed E-state index contributed by atoms with van der Waals surface area (Å²) in [4.78, 5) is 14.5. The molecule has 0 spiro atoms. The van der Waals surface area contributed by atoms with Crippen molar-refractivity contribution in [1.29, 1.82) is 0 Å². The van der Waals surface area contributed by atoms with Crippen LogP contribution in [0.4, 0.5) is 0 Å². The highest BCUT2D eigenvalue weighted by Crippen LogP contribution is 2.19. The topological polar surface area (TPSA) is 84.0 Å². The number of hydrogen-bond acceptors (Lipinski definition) is 5. The fourth-order valence-corrected chi connectivity index (χ4v) is 3.24. The molecule has 1 N–H and O–H groups in total. The Balaban J connectivity index is 1.48. The lowest BCUT2D eigenvalue weighted by molar-refractivity contribution is 0.0736. The van der Waals surface area contributed by atoms with Crippen molar-refractivity contribution in [2.24, 2.45) is 5.92 Å². The van der Waals surface area contributed by atoms with Crippen molar-refractivity contribution in [3.63, 3.8) is 0 Å².